The summed E-state index contributed by atoms with van der Waals surface area (Å²) in [4.78, 5) is -0.0419. The first-order valence-corrected chi connectivity index (χ1v) is 3.21. The molecule has 0 bridgehead atoms. The van der Waals surface area contributed by atoms with Crippen molar-refractivity contribution in [2.75, 3.05) is 26.2 Å². The van der Waals surface area contributed by atoms with Gasteiger partial charge in [0, 0.05) is 18.1 Å². The molecule has 0 amide bonds. The monoisotopic (exact) mass is 162 g/mol. The smallest absolute Gasteiger partial charge is 0.0890 e. The van der Waals surface area contributed by atoms with Gasteiger partial charge >= 0.3 is 0 Å². The molecule has 4 N–H and O–H groups in total. The third-order valence-electron chi connectivity index (χ3n) is 1.09. The minimum Gasteiger partial charge on any atom is -0.737 e. The number of hydrazine groups is 1. The van der Waals surface area contributed by atoms with Crippen molar-refractivity contribution in [3.05, 3.63) is 10.4 Å². The van der Waals surface area contributed by atoms with Crippen molar-refractivity contribution in [1.29, 1.82) is 0 Å². The van der Waals surface area contributed by atoms with Gasteiger partial charge in [-0.3, -0.25) is 0 Å². The predicted octanol–water partition coefficient (Wildman–Crippen LogP) is -1.42. The highest BCUT2D eigenvalue weighted by Crippen LogP contribution is 1.87. The lowest BCUT2D eigenvalue weighted by atomic mass is 10.5. The highest BCUT2D eigenvalue weighted by Gasteiger charge is 2.07. The van der Waals surface area contributed by atoms with Crippen molar-refractivity contribution in [1.82, 2.24) is 5.01 Å². The van der Waals surface area contributed by atoms with Gasteiger partial charge < -0.3 is 21.9 Å². The van der Waals surface area contributed by atoms with Crippen LogP contribution < -0.4 is 11.5 Å². The summed E-state index contributed by atoms with van der Waals surface area (Å²) in [6.45, 7) is 1.14. The zero-order valence-electron chi connectivity index (χ0n) is 6.14. The molecule has 0 saturated carbocycles. The molecule has 7 heteroatoms. The largest absolute Gasteiger partial charge is 0.737 e. The van der Waals surface area contributed by atoms with E-state index in [0.29, 0.717) is 0 Å². The predicted molar refractivity (Wildman–Crippen MR) is 39.1 cm³/mol. The fraction of sp³-hybridized carbons (Fsp3) is 1.00. The molecule has 0 aromatic heterocycles. The van der Waals surface area contributed by atoms with Crippen molar-refractivity contribution in [2.45, 2.75) is 0 Å². The second-order valence-electron chi connectivity index (χ2n) is 1.87. The van der Waals surface area contributed by atoms with E-state index in [4.69, 9.17) is 11.5 Å². The van der Waals surface area contributed by atoms with Crippen LogP contribution in [-0.2, 0) is 0 Å². The van der Waals surface area contributed by atoms with Gasteiger partial charge in [-0.15, -0.1) is 5.01 Å². The number of hydrogen-bond acceptors (Lipinski definition) is 5. The van der Waals surface area contributed by atoms with Gasteiger partial charge in [-0.05, 0) is 5.28 Å². The molecule has 0 rings (SSSR count). The molecule has 0 saturated heterocycles. The van der Waals surface area contributed by atoms with E-state index in [9.17, 15) is 10.4 Å². The molecule has 0 atom stereocenters. The summed E-state index contributed by atoms with van der Waals surface area (Å²) in [7, 11) is 0. The van der Waals surface area contributed by atoms with Gasteiger partial charge in [0.2, 0.25) is 0 Å². The van der Waals surface area contributed by atoms with Crippen LogP contribution in [0.3, 0.4) is 0 Å². The Hall–Kier alpha value is -1.08. The number of hydrogen-bond donors (Lipinski definition) is 2. The zero-order chi connectivity index (χ0) is 8.69. The van der Waals surface area contributed by atoms with E-state index in [-0.39, 0.29) is 31.1 Å². The van der Waals surface area contributed by atoms with Gasteiger partial charge in [-0.1, -0.05) is 0 Å². The Labute approximate surface area is 64.4 Å². The maximum atomic E-state index is 10.5. The molecule has 66 valence electrons. The van der Waals surface area contributed by atoms with Crippen LogP contribution >= 0.6 is 0 Å². The summed E-state index contributed by atoms with van der Waals surface area (Å²) in [5, 5.41) is 23.6. The molecule has 0 fully saturated rings. The van der Waals surface area contributed by atoms with Crippen LogP contribution in [0.2, 0.25) is 0 Å². The molecule has 0 heterocycles. The van der Waals surface area contributed by atoms with Crippen LogP contribution in [-0.4, -0.2) is 36.2 Å². The SMILES string of the molecule is NCCN(CCN)/[N+]([O-])=N\[O-]. The van der Waals surface area contributed by atoms with E-state index in [0.717, 1.165) is 5.01 Å². The Morgan fingerprint density at radius 1 is 1.27 bits per heavy atom. The van der Waals surface area contributed by atoms with E-state index in [1.807, 2.05) is 0 Å². The Morgan fingerprint density at radius 3 is 2.00 bits per heavy atom. The lowest BCUT2D eigenvalue weighted by Gasteiger charge is -2.17. The summed E-state index contributed by atoms with van der Waals surface area (Å²) < 4.78 is 0. The van der Waals surface area contributed by atoms with Crippen LogP contribution in [0.15, 0.2) is 5.28 Å². The van der Waals surface area contributed by atoms with Crippen molar-refractivity contribution in [3.63, 3.8) is 0 Å². The Bertz CT molecular complexity index is 122. The molecule has 11 heavy (non-hydrogen) atoms. The van der Waals surface area contributed by atoms with Crippen LogP contribution in [0.4, 0.5) is 0 Å². The maximum absolute atomic E-state index is 10.5. The first-order chi connectivity index (χ1) is 5.26. The highest BCUT2D eigenvalue weighted by atomic mass is 16.6. The van der Waals surface area contributed by atoms with E-state index in [1.54, 1.807) is 0 Å². The maximum Gasteiger partial charge on any atom is 0.0890 e. The van der Waals surface area contributed by atoms with Crippen LogP contribution in [0, 0.1) is 10.4 Å². The van der Waals surface area contributed by atoms with E-state index in [1.165, 1.54) is 0 Å². The second kappa shape index (κ2) is 5.69. The van der Waals surface area contributed by atoms with Gasteiger partial charge in [0.15, 0.2) is 0 Å². The summed E-state index contributed by atoms with van der Waals surface area (Å²) in [5.41, 5.74) is 10.3. The lowest BCUT2D eigenvalue weighted by Crippen LogP contribution is -2.38. The highest BCUT2D eigenvalue weighted by molar-refractivity contribution is 4.45. The zero-order valence-corrected chi connectivity index (χ0v) is 6.14. The first-order valence-electron chi connectivity index (χ1n) is 3.21. The van der Waals surface area contributed by atoms with Crippen LogP contribution in [0.5, 0.6) is 0 Å². The first kappa shape index (κ1) is 9.92. The molecule has 0 aliphatic rings. The Kier molecular flexibility index (Phi) is 5.13. The average molecular weight is 162 g/mol. The number of nitrogens with zero attached hydrogens (tertiary/aromatic N) is 3. The molecular weight excluding hydrogens is 150 g/mol. The molecule has 0 aliphatic carbocycles. The Balaban J connectivity index is 3.87. The van der Waals surface area contributed by atoms with Crippen molar-refractivity contribution >= 4 is 0 Å². The van der Waals surface area contributed by atoms with E-state index in [2.05, 4.69) is 5.28 Å². The number of nitrogens with two attached hydrogens (primary N) is 2. The van der Waals surface area contributed by atoms with Crippen molar-refractivity contribution in [2.24, 2.45) is 16.7 Å². The molecule has 0 aromatic rings. The Morgan fingerprint density at radius 2 is 1.73 bits per heavy atom. The lowest BCUT2D eigenvalue weighted by molar-refractivity contribution is -0.689. The van der Waals surface area contributed by atoms with E-state index < -0.39 is 0 Å². The molecule has 0 aromatic carbocycles. The standard InChI is InChI=1S/C4H13N5O2/c5-1-3-8(4-2-6)9(11)7-10/h10H,1-6H2/p-1/b9-7+. The summed E-state index contributed by atoms with van der Waals surface area (Å²) in [6, 6.07) is 0. The van der Waals surface area contributed by atoms with Gasteiger partial charge in [-0.25, -0.2) is 0 Å². The number of rotatable bonds is 5. The summed E-state index contributed by atoms with van der Waals surface area (Å²) >= 11 is 0. The molecule has 7 nitrogen and oxygen atoms in total. The summed E-state index contributed by atoms with van der Waals surface area (Å²) in [5.74, 6) is 0. The van der Waals surface area contributed by atoms with Gasteiger partial charge in [-0.2, -0.15) is 0 Å². The quantitative estimate of drug-likeness (QED) is 0.292. The molecule has 0 spiro atoms. The fourth-order valence-corrected chi connectivity index (χ4v) is 0.633. The normalized spacial score (nSPS) is 11.6. The summed E-state index contributed by atoms with van der Waals surface area (Å²) in [6.07, 6.45) is 0. The topological polar surface area (TPSA) is 117 Å². The molecule has 0 radical (unpaired) electrons. The van der Waals surface area contributed by atoms with Gasteiger partial charge in [0.25, 0.3) is 0 Å². The third-order valence-corrected chi connectivity index (χ3v) is 1.09. The van der Waals surface area contributed by atoms with Crippen LogP contribution in [0.1, 0.15) is 0 Å². The van der Waals surface area contributed by atoms with E-state index >= 15 is 0 Å². The molecule has 0 unspecified atom stereocenters. The third kappa shape index (κ3) is 3.58. The van der Waals surface area contributed by atoms with Gasteiger partial charge in [0.1, 0.15) is 0 Å². The average Bonchev–Trinajstić information content (AvgIpc) is 2.03. The van der Waals surface area contributed by atoms with Gasteiger partial charge in [0.05, 0.1) is 13.1 Å². The minimum atomic E-state index is -0.0419. The second-order valence-corrected chi connectivity index (χ2v) is 1.87. The fourth-order valence-electron chi connectivity index (χ4n) is 0.633. The molecular formula is C4H12N5O2-. The molecule has 0 aliphatic heterocycles. The van der Waals surface area contributed by atoms with Crippen LogP contribution in [0.25, 0.3) is 0 Å². The minimum absolute atomic E-state index is 0.0419. The van der Waals surface area contributed by atoms with Crippen molar-refractivity contribution < 1.29 is 4.97 Å². The van der Waals surface area contributed by atoms with Crippen molar-refractivity contribution in [3.8, 4) is 0 Å².